The Morgan fingerprint density at radius 2 is 2.22 bits per heavy atom. The van der Waals surface area contributed by atoms with Crippen LogP contribution in [0.1, 0.15) is 23.0 Å². The number of nitrogens with one attached hydrogen (secondary N) is 1. The van der Waals surface area contributed by atoms with Gasteiger partial charge in [-0.15, -0.1) is 0 Å². The molecule has 0 spiro atoms. The second kappa shape index (κ2) is 5.67. The van der Waals surface area contributed by atoms with E-state index >= 15 is 0 Å². The quantitative estimate of drug-likeness (QED) is 0.941. The molecule has 1 aromatic carbocycles. The van der Waals surface area contributed by atoms with Gasteiger partial charge in [0.1, 0.15) is 5.82 Å². The maximum absolute atomic E-state index is 4.38. The molecule has 18 heavy (non-hydrogen) atoms. The van der Waals surface area contributed by atoms with Crippen LogP contribution in [0.5, 0.6) is 0 Å². The van der Waals surface area contributed by atoms with Crippen molar-refractivity contribution in [3.8, 4) is 0 Å². The number of nitrogens with zero attached hydrogens (tertiary/aromatic N) is 2. The van der Waals surface area contributed by atoms with Gasteiger partial charge in [0.2, 0.25) is 0 Å². The summed E-state index contributed by atoms with van der Waals surface area (Å²) in [7, 11) is 4.02. The molecule has 1 heterocycles. The fourth-order valence-electron chi connectivity index (χ4n) is 1.99. The van der Waals surface area contributed by atoms with Crippen molar-refractivity contribution in [2.24, 2.45) is 7.05 Å². The molecule has 1 atom stereocenters. The lowest BCUT2D eigenvalue weighted by Gasteiger charge is -2.17. The van der Waals surface area contributed by atoms with Crippen LogP contribution in [0.25, 0.3) is 0 Å². The van der Waals surface area contributed by atoms with Crippen molar-refractivity contribution >= 4 is 15.9 Å². The first-order valence-electron chi connectivity index (χ1n) is 6.01. The van der Waals surface area contributed by atoms with Crippen molar-refractivity contribution in [2.75, 3.05) is 7.05 Å². The van der Waals surface area contributed by atoms with Crippen molar-refractivity contribution < 1.29 is 0 Å². The van der Waals surface area contributed by atoms with Crippen LogP contribution >= 0.6 is 15.9 Å². The van der Waals surface area contributed by atoms with Gasteiger partial charge in [0.25, 0.3) is 0 Å². The number of halogens is 1. The summed E-state index contributed by atoms with van der Waals surface area (Å²) in [5, 5.41) is 3.36. The van der Waals surface area contributed by atoms with E-state index in [0.717, 1.165) is 16.7 Å². The van der Waals surface area contributed by atoms with Gasteiger partial charge in [0.05, 0.1) is 0 Å². The zero-order valence-corrected chi connectivity index (χ0v) is 12.5. The highest BCUT2D eigenvalue weighted by Gasteiger charge is 2.13. The van der Waals surface area contributed by atoms with Crippen LogP contribution in [-0.4, -0.2) is 16.6 Å². The minimum atomic E-state index is 0.281. The Labute approximate surface area is 116 Å². The zero-order valence-electron chi connectivity index (χ0n) is 10.9. The normalized spacial score (nSPS) is 12.7. The fourth-order valence-corrected chi connectivity index (χ4v) is 2.38. The number of likely N-dealkylation sites (N-methyl/N-ethyl adjacent to an activating group) is 1. The second-order valence-electron chi connectivity index (χ2n) is 4.51. The van der Waals surface area contributed by atoms with Crippen molar-refractivity contribution in [2.45, 2.75) is 19.4 Å². The van der Waals surface area contributed by atoms with E-state index in [-0.39, 0.29) is 6.04 Å². The van der Waals surface area contributed by atoms with Gasteiger partial charge in [-0.2, -0.15) is 0 Å². The van der Waals surface area contributed by atoms with E-state index in [1.807, 2.05) is 26.5 Å². The molecule has 1 aromatic heterocycles. The summed E-state index contributed by atoms with van der Waals surface area (Å²) < 4.78 is 3.22. The summed E-state index contributed by atoms with van der Waals surface area (Å²) in [6.45, 7) is 2.10. The minimum Gasteiger partial charge on any atom is -0.338 e. The van der Waals surface area contributed by atoms with E-state index in [4.69, 9.17) is 0 Å². The molecule has 0 bridgehead atoms. The van der Waals surface area contributed by atoms with Crippen molar-refractivity contribution in [3.63, 3.8) is 0 Å². The molecule has 0 saturated carbocycles. The summed E-state index contributed by atoms with van der Waals surface area (Å²) in [6, 6.07) is 6.77. The average Bonchev–Trinajstić information content (AvgIpc) is 2.75. The lowest BCUT2D eigenvalue weighted by molar-refractivity contribution is 0.563. The smallest absolute Gasteiger partial charge is 0.110 e. The zero-order chi connectivity index (χ0) is 13.1. The topological polar surface area (TPSA) is 29.9 Å². The van der Waals surface area contributed by atoms with E-state index in [1.165, 1.54) is 11.1 Å². The monoisotopic (exact) mass is 307 g/mol. The van der Waals surface area contributed by atoms with Crippen LogP contribution in [0.3, 0.4) is 0 Å². The first kappa shape index (κ1) is 13.3. The first-order valence-corrected chi connectivity index (χ1v) is 6.80. The number of hydrogen-bond acceptors (Lipinski definition) is 2. The van der Waals surface area contributed by atoms with Gasteiger partial charge >= 0.3 is 0 Å². The molecule has 0 saturated heterocycles. The summed E-state index contributed by atoms with van der Waals surface area (Å²) in [4.78, 5) is 4.38. The van der Waals surface area contributed by atoms with Crippen LogP contribution in [0.4, 0.5) is 0 Å². The third-order valence-electron chi connectivity index (χ3n) is 3.25. The molecule has 4 heteroatoms. The Morgan fingerprint density at radius 3 is 2.78 bits per heavy atom. The Balaban J connectivity index is 2.23. The fraction of sp³-hybridized carbons (Fsp3) is 0.357. The van der Waals surface area contributed by atoms with Crippen LogP contribution in [-0.2, 0) is 13.5 Å². The lowest BCUT2D eigenvalue weighted by atomic mass is 10.0. The maximum Gasteiger partial charge on any atom is 0.110 e. The van der Waals surface area contributed by atoms with E-state index in [0.29, 0.717) is 0 Å². The van der Waals surface area contributed by atoms with Crippen LogP contribution in [0, 0.1) is 6.92 Å². The summed E-state index contributed by atoms with van der Waals surface area (Å²) in [5.41, 5.74) is 2.53. The first-order chi connectivity index (χ1) is 8.61. The van der Waals surface area contributed by atoms with Crippen molar-refractivity contribution in [1.82, 2.24) is 14.9 Å². The molecule has 2 aromatic rings. The van der Waals surface area contributed by atoms with Gasteiger partial charge in [-0.3, -0.25) is 0 Å². The highest BCUT2D eigenvalue weighted by Crippen LogP contribution is 2.23. The van der Waals surface area contributed by atoms with E-state index < -0.39 is 0 Å². The molecule has 2 rings (SSSR count). The molecule has 0 aliphatic carbocycles. The predicted molar refractivity (Wildman–Crippen MR) is 77.6 cm³/mol. The molecule has 1 unspecified atom stereocenters. The number of imidazole rings is 1. The van der Waals surface area contributed by atoms with E-state index in [2.05, 4.69) is 55.9 Å². The highest BCUT2D eigenvalue weighted by atomic mass is 79.9. The molecule has 96 valence electrons. The minimum absolute atomic E-state index is 0.281. The standard InChI is InChI=1S/C14H18BrN3/c1-10-4-5-11(8-12(10)15)13(16-2)9-14-17-6-7-18(14)3/h4-8,13,16H,9H2,1-3H3. The largest absolute Gasteiger partial charge is 0.338 e. The van der Waals surface area contributed by atoms with Gasteiger partial charge in [0.15, 0.2) is 0 Å². The Hall–Kier alpha value is -1.13. The summed E-state index contributed by atoms with van der Waals surface area (Å²) >= 11 is 3.59. The summed E-state index contributed by atoms with van der Waals surface area (Å²) in [6.07, 6.45) is 4.70. The van der Waals surface area contributed by atoms with Gasteiger partial charge in [-0.25, -0.2) is 4.98 Å². The number of aromatic nitrogens is 2. The molecule has 1 N–H and O–H groups in total. The lowest BCUT2D eigenvalue weighted by Crippen LogP contribution is -2.20. The average molecular weight is 308 g/mol. The number of aryl methyl sites for hydroxylation is 2. The number of rotatable bonds is 4. The SMILES string of the molecule is CNC(Cc1nccn1C)c1ccc(C)c(Br)c1. The Morgan fingerprint density at radius 1 is 1.44 bits per heavy atom. The van der Waals surface area contributed by atoms with Crippen molar-refractivity contribution in [1.29, 1.82) is 0 Å². The molecular weight excluding hydrogens is 290 g/mol. The molecule has 3 nitrogen and oxygen atoms in total. The number of hydrogen-bond donors (Lipinski definition) is 1. The molecule has 0 amide bonds. The van der Waals surface area contributed by atoms with Gasteiger partial charge < -0.3 is 9.88 Å². The Kier molecular flexibility index (Phi) is 4.19. The molecule has 0 fully saturated rings. The molecule has 0 aliphatic rings. The van der Waals surface area contributed by atoms with Gasteiger partial charge in [-0.05, 0) is 31.2 Å². The second-order valence-corrected chi connectivity index (χ2v) is 5.36. The molecular formula is C14H18BrN3. The number of benzene rings is 1. The predicted octanol–water partition coefficient (Wildman–Crippen LogP) is 2.99. The van der Waals surface area contributed by atoms with Crippen molar-refractivity contribution in [3.05, 3.63) is 52.0 Å². The third kappa shape index (κ3) is 2.82. The third-order valence-corrected chi connectivity index (χ3v) is 4.11. The molecule has 0 radical (unpaired) electrons. The maximum atomic E-state index is 4.38. The summed E-state index contributed by atoms with van der Waals surface area (Å²) in [5.74, 6) is 1.09. The van der Waals surface area contributed by atoms with E-state index in [1.54, 1.807) is 0 Å². The Bertz CT molecular complexity index is 534. The van der Waals surface area contributed by atoms with Gasteiger partial charge in [0, 0.05) is 36.4 Å². The van der Waals surface area contributed by atoms with Crippen LogP contribution in [0.2, 0.25) is 0 Å². The van der Waals surface area contributed by atoms with Crippen LogP contribution in [0.15, 0.2) is 35.1 Å². The van der Waals surface area contributed by atoms with Crippen LogP contribution < -0.4 is 5.32 Å². The highest BCUT2D eigenvalue weighted by molar-refractivity contribution is 9.10. The van der Waals surface area contributed by atoms with Gasteiger partial charge in [-0.1, -0.05) is 28.1 Å². The molecule has 0 aliphatic heterocycles. The van der Waals surface area contributed by atoms with E-state index in [9.17, 15) is 0 Å².